The van der Waals surface area contributed by atoms with E-state index in [9.17, 15) is 29.1 Å². The maximum atomic E-state index is 13.4. The first kappa shape index (κ1) is 27.8. The standard InChI is InChI=1S/C24H35N5O6/c1-14(2)11-17(27-21(31)16(25)12-15-7-4-3-5-8-15)23(33)29-10-6-9-19(29)22(32)28-18(24(34)35)13-20(26)30/h3-5,7-8,14,16-19H,6,9-13,25H2,1-2H3,(H2,26,30)(H,27,31)(H,28,32)(H,34,35). The first-order chi connectivity index (χ1) is 16.5. The van der Waals surface area contributed by atoms with Gasteiger partial charge in [-0.05, 0) is 37.2 Å². The highest BCUT2D eigenvalue weighted by Gasteiger charge is 2.39. The Labute approximate surface area is 204 Å². The highest BCUT2D eigenvalue weighted by atomic mass is 16.4. The van der Waals surface area contributed by atoms with Gasteiger partial charge in [0, 0.05) is 6.54 Å². The van der Waals surface area contributed by atoms with Gasteiger partial charge in [-0.2, -0.15) is 0 Å². The molecule has 4 atom stereocenters. The second-order valence-corrected chi connectivity index (χ2v) is 9.25. The average molecular weight is 490 g/mol. The third kappa shape index (κ3) is 8.36. The number of carbonyl (C=O) groups is 5. The monoisotopic (exact) mass is 489 g/mol. The summed E-state index contributed by atoms with van der Waals surface area (Å²) >= 11 is 0. The van der Waals surface area contributed by atoms with Crippen LogP contribution in [0.3, 0.4) is 0 Å². The van der Waals surface area contributed by atoms with E-state index in [1.165, 1.54) is 4.90 Å². The SMILES string of the molecule is CC(C)CC(NC(=O)C(N)Cc1ccccc1)C(=O)N1CCCC1C(=O)NC(CC(N)=O)C(=O)O. The Morgan fingerprint density at radius 2 is 1.74 bits per heavy atom. The third-order valence-electron chi connectivity index (χ3n) is 5.82. The topological polar surface area (TPSA) is 185 Å². The van der Waals surface area contributed by atoms with Crippen LogP contribution in [0, 0.1) is 5.92 Å². The molecule has 1 heterocycles. The number of aliphatic carboxylic acids is 1. The molecule has 4 amide bonds. The highest BCUT2D eigenvalue weighted by molar-refractivity contribution is 5.95. The summed E-state index contributed by atoms with van der Waals surface area (Å²) < 4.78 is 0. The Balaban J connectivity index is 2.10. The van der Waals surface area contributed by atoms with E-state index in [4.69, 9.17) is 11.5 Å². The molecule has 2 rings (SSSR count). The van der Waals surface area contributed by atoms with Gasteiger partial charge in [-0.3, -0.25) is 19.2 Å². The molecule has 11 nitrogen and oxygen atoms in total. The number of hydrogen-bond donors (Lipinski definition) is 5. The fourth-order valence-electron chi connectivity index (χ4n) is 4.10. The Kier molecular flexibility index (Phi) is 10.2. The van der Waals surface area contributed by atoms with Crippen LogP contribution in [0.5, 0.6) is 0 Å². The molecule has 0 bridgehead atoms. The van der Waals surface area contributed by atoms with Gasteiger partial charge in [0.15, 0.2) is 0 Å². The lowest BCUT2D eigenvalue weighted by Crippen LogP contribution is -2.57. The number of carboxylic acid groups (broad SMARTS) is 1. The molecular weight excluding hydrogens is 454 g/mol. The van der Waals surface area contributed by atoms with Crippen LogP contribution >= 0.6 is 0 Å². The molecule has 1 saturated heterocycles. The first-order valence-electron chi connectivity index (χ1n) is 11.7. The largest absolute Gasteiger partial charge is 0.480 e. The number of nitrogens with one attached hydrogen (secondary N) is 2. The number of benzene rings is 1. The Hall–Kier alpha value is -3.47. The van der Waals surface area contributed by atoms with E-state index in [1.54, 1.807) is 0 Å². The van der Waals surface area contributed by atoms with Crippen molar-refractivity contribution in [3.8, 4) is 0 Å². The number of carboxylic acids is 1. The summed E-state index contributed by atoms with van der Waals surface area (Å²) in [6, 6.07) is 5.13. The van der Waals surface area contributed by atoms with Gasteiger partial charge in [0.2, 0.25) is 23.6 Å². The van der Waals surface area contributed by atoms with Crippen LogP contribution in [0.1, 0.15) is 45.1 Å². The zero-order valence-electron chi connectivity index (χ0n) is 20.1. The lowest BCUT2D eigenvalue weighted by atomic mass is 10.0. The average Bonchev–Trinajstić information content (AvgIpc) is 3.27. The van der Waals surface area contributed by atoms with Crippen LogP contribution in [-0.2, 0) is 30.4 Å². The van der Waals surface area contributed by atoms with Gasteiger partial charge in [-0.15, -0.1) is 0 Å². The van der Waals surface area contributed by atoms with Crippen LogP contribution in [0.15, 0.2) is 30.3 Å². The Morgan fingerprint density at radius 1 is 1.09 bits per heavy atom. The summed E-state index contributed by atoms with van der Waals surface area (Å²) in [4.78, 5) is 62.9. The molecular formula is C24H35N5O6. The van der Waals surface area contributed by atoms with Crippen LogP contribution in [0.25, 0.3) is 0 Å². The summed E-state index contributed by atoms with van der Waals surface area (Å²) in [6.07, 6.45) is 0.948. The zero-order chi connectivity index (χ0) is 26.1. The van der Waals surface area contributed by atoms with Crippen molar-refractivity contribution in [2.24, 2.45) is 17.4 Å². The van der Waals surface area contributed by atoms with Gasteiger partial charge in [-0.1, -0.05) is 44.2 Å². The molecule has 7 N–H and O–H groups in total. The summed E-state index contributed by atoms with van der Waals surface area (Å²) in [5.41, 5.74) is 12.0. The summed E-state index contributed by atoms with van der Waals surface area (Å²) in [5, 5.41) is 14.3. The number of nitrogens with zero attached hydrogens (tertiary/aromatic N) is 1. The maximum absolute atomic E-state index is 13.4. The summed E-state index contributed by atoms with van der Waals surface area (Å²) in [6.45, 7) is 4.10. The molecule has 0 radical (unpaired) electrons. The summed E-state index contributed by atoms with van der Waals surface area (Å²) in [7, 11) is 0. The van der Waals surface area contributed by atoms with E-state index in [-0.39, 0.29) is 12.5 Å². The molecule has 1 aliphatic heterocycles. The molecule has 0 aliphatic carbocycles. The van der Waals surface area contributed by atoms with Crippen molar-refractivity contribution in [1.29, 1.82) is 0 Å². The van der Waals surface area contributed by atoms with Crippen LogP contribution in [0.4, 0.5) is 0 Å². The quantitative estimate of drug-likeness (QED) is 0.262. The molecule has 0 saturated carbocycles. The molecule has 0 aromatic heterocycles. The molecule has 192 valence electrons. The van der Waals surface area contributed by atoms with Crippen LogP contribution in [0.2, 0.25) is 0 Å². The van der Waals surface area contributed by atoms with Crippen molar-refractivity contribution in [1.82, 2.24) is 15.5 Å². The van der Waals surface area contributed by atoms with Crippen molar-refractivity contribution >= 4 is 29.6 Å². The number of carbonyl (C=O) groups excluding carboxylic acids is 4. The molecule has 4 unspecified atom stereocenters. The number of rotatable bonds is 12. The maximum Gasteiger partial charge on any atom is 0.326 e. The number of primary amides is 1. The molecule has 1 aliphatic rings. The van der Waals surface area contributed by atoms with Gasteiger partial charge in [-0.25, -0.2) is 4.79 Å². The van der Waals surface area contributed by atoms with Crippen molar-refractivity contribution < 1.29 is 29.1 Å². The number of amides is 4. The van der Waals surface area contributed by atoms with Gasteiger partial charge in [0.1, 0.15) is 18.1 Å². The van der Waals surface area contributed by atoms with Gasteiger partial charge >= 0.3 is 5.97 Å². The predicted octanol–water partition coefficient (Wildman–Crippen LogP) is -0.477. The minimum Gasteiger partial charge on any atom is -0.480 e. The van der Waals surface area contributed by atoms with E-state index >= 15 is 0 Å². The van der Waals surface area contributed by atoms with Crippen LogP contribution in [-0.4, -0.2) is 70.3 Å². The number of likely N-dealkylation sites (tertiary alicyclic amines) is 1. The smallest absolute Gasteiger partial charge is 0.326 e. The Bertz CT molecular complexity index is 922. The third-order valence-corrected chi connectivity index (χ3v) is 5.82. The van der Waals surface area contributed by atoms with Gasteiger partial charge in [0.25, 0.3) is 0 Å². The van der Waals surface area contributed by atoms with E-state index < -0.39 is 60.2 Å². The molecule has 1 fully saturated rings. The minimum absolute atomic E-state index is 0.0661. The second kappa shape index (κ2) is 12.8. The van der Waals surface area contributed by atoms with Crippen molar-refractivity contribution in [3.05, 3.63) is 35.9 Å². The van der Waals surface area contributed by atoms with E-state index in [0.29, 0.717) is 25.7 Å². The van der Waals surface area contributed by atoms with Crippen molar-refractivity contribution in [2.75, 3.05) is 6.54 Å². The molecule has 1 aromatic rings. The van der Waals surface area contributed by atoms with Gasteiger partial charge < -0.3 is 32.1 Å². The van der Waals surface area contributed by atoms with Crippen LogP contribution < -0.4 is 22.1 Å². The Morgan fingerprint density at radius 3 is 2.31 bits per heavy atom. The predicted molar refractivity (Wildman–Crippen MR) is 128 cm³/mol. The molecule has 11 heteroatoms. The lowest BCUT2D eigenvalue weighted by Gasteiger charge is -2.30. The van der Waals surface area contributed by atoms with Crippen molar-refractivity contribution in [3.63, 3.8) is 0 Å². The van der Waals surface area contributed by atoms with E-state index in [1.807, 2.05) is 44.2 Å². The fraction of sp³-hybridized carbons (Fsp3) is 0.542. The minimum atomic E-state index is -1.49. The molecule has 35 heavy (non-hydrogen) atoms. The second-order valence-electron chi connectivity index (χ2n) is 9.25. The van der Waals surface area contributed by atoms with E-state index in [0.717, 1.165) is 5.56 Å². The molecule has 0 spiro atoms. The van der Waals surface area contributed by atoms with Gasteiger partial charge in [0.05, 0.1) is 12.5 Å². The number of nitrogens with two attached hydrogens (primary N) is 2. The zero-order valence-corrected chi connectivity index (χ0v) is 20.1. The van der Waals surface area contributed by atoms with E-state index in [2.05, 4.69) is 10.6 Å². The first-order valence-corrected chi connectivity index (χ1v) is 11.7. The lowest BCUT2D eigenvalue weighted by molar-refractivity contribution is -0.146. The fourth-order valence-corrected chi connectivity index (χ4v) is 4.10. The van der Waals surface area contributed by atoms with Crippen molar-refractivity contribution in [2.45, 2.75) is 70.1 Å². The number of hydrogen-bond acceptors (Lipinski definition) is 6. The summed E-state index contributed by atoms with van der Waals surface area (Å²) in [5.74, 6) is -3.79. The highest BCUT2D eigenvalue weighted by Crippen LogP contribution is 2.21. The normalized spacial score (nSPS) is 17.9. The molecule has 1 aromatic carbocycles.